The topological polar surface area (TPSA) is 49.4 Å². The van der Waals surface area contributed by atoms with Gasteiger partial charge in [-0.2, -0.15) is 0 Å². The van der Waals surface area contributed by atoms with Crippen molar-refractivity contribution in [2.75, 3.05) is 13.1 Å². The summed E-state index contributed by atoms with van der Waals surface area (Å²) in [5, 5.41) is 3.00. The van der Waals surface area contributed by atoms with Crippen molar-refractivity contribution in [3.8, 4) is 0 Å². The fourth-order valence-corrected chi connectivity index (χ4v) is 2.64. The molecular weight excluding hydrogens is 288 g/mol. The van der Waals surface area contributed by atoms with E-state index in [1.54, 1.807) is 12.1 Å². The molecule has 1 fully saturated rings. The number of carbonyl (C=O) groups is 2. The predicted octanol–water partition coefficient (Wildman–Crippen LogP) is 2.78. The molecule has 1 N–H and O–H groups in total. The molecule has 3 rings (SSSR count). The van der Waals surface area contributed by atoms with E-state index in [0.29, 0.717) is 12.0 Å². The van der Waals surface area contributed by atoms with Gasteiger partial charge in [0.15, 0.2) is 0 Å². The summed E-state index contributed by atoms with van der Waals surface area (Å²) >= 11 is 0. The van der Waals surface area contributed by atoms with Gasteiger partial charge in [-0.3, -0.25) is 9.59 Å². The van der Waals surface area contributed by atoms with E-state index in [2.05, 4.69) is 5.32 Å². The third kappa shape index (κ3) is 3.77. The van der Waals surface area contributed by atoms with Crippen molar-refractivity contribution in [3.05, 3.63) is 71.8 Å². The first kappa shape index (κ1) is 15.3. The van der Waals surface area contributed by atoms with E-state index < -0.39 is 0 Å². The molecule has 1 aliphatic heterocycles. The van der Waals surface area contributed by atoms with Gasteiger partial charge in [0.2, 0.25) is 5.91 Å². The Labute approximate surface area is 136 Å². The molecule has 4 heteroatoms. The van der Waals surface area contributed by atoms with Crippen LogP contribution in [0.4, 0.5) is 0 Å². The Morgan fingerprint density at radius 1 is 0.957 bits per heavy atom. The molecule has 1 aliphatic rings. The van der Waals surface area contributed by atoms with Gasteiger partial charge in [-0.1, -0.05) is 48.5 Å². The Morgan fingerprint density at radius 2 is 1.57 bits per heavy atom. The van der Waals surface area contributed by atoms with Gasteiger partial charge in [0.1, 0.15) is 0 Å². The van der Waals surface area contributed by atoms with Crippen molar-refractivity contribution >= 4 is 11.8 Å². The second-order valence-electron chi connectivity index (χ2n) is 5.74. The van der Waals surface area contributed by atoms with Crippen LogP contribution in [0.2, 0.25) is 0 Å². The molecule has 1 unspecified atom stereocenters. The van der Waals surface area contributed by atoms with Crippen LogP contribution in [0.25, 0.3) is 0 Å². The highest BCUT2D eigenvalue weighted by molar-refractivity contribution is 5.94. The van der Waals surface area contributed by atoms with Gasteiger partial charge in [0.25, 0.3) is 5.91 Å². The number of hydrogen-bond donors (Lipinski definition) is 1. The first-order chi connectivity index (χ1) is 11.2. The molecule has 2 aromatic rings. The van der Waals surface area contributed by atoms with E-state index in [4.69, 9.17) is 0 Å². The van der Waals surface area contributed by atoms with Gasteiger partial charge in [-0.15, -0.1) is 0 Å². The second kappa shape index (κ2) is 7.09. The van der Waals surface area contributed by atoms with Crippen LogP contribution in [0.3, 0.4) is 0 Å². The summed E-state index contributed by atoms with van der Waals surface area (Å²) in [6.45, 7) is 1.65. The first-order valence-electron chi connectivity index (χ1n) is 7.92. The van der Waals surface area contributed by atoms with Gasteiger partial charge in [-0.25, -0.2) is 0 Å². The Morgan fingerprint density at radius 3 is 2.13 bits per heavy atom. The Kier molecular flexibility index (Phi) is 4.71. The third-order valence-electron chi connectivity index (χ3n) is 4.13. The number of carbonyl (C=O) groups excluding carboxylic acids is 2. The molecule has 1 saturated heterocycles. The van der Waals surface area contributed by atoms with E-state index in [9.17, 15) is 9.59 Å². The highest BCUT2D eigenvalue weighted by atomic mass is 16.2. The molecular formula is C19H20N2O2. The van der Waals surface area contributed by atoms with E-state index >= 15 is 0 Å². The molecule has 23 heavy (non-hydrogen) atoms. The summed E-state index contributed by atoms with van der Waals surface area (Å²) in [6.07, 6.45) is 1.36. The number of nitrogens with zero attached hydrogens (tertiary/aromatic N) is 1. The maximum Gasteiger partial charge on any atom is 0.251 e. The van der Waals surface area contributed by atoms with Crippen LogP contribution in [0, 0.1) is 0 Å². The van der Waals surface area contributed by atoms with E-state index in [1.165, 1.54) is 0 Å². The minimum absolute atomic E-state index is 0.0958. The zero-order chi connectivity index (χ0) is 16.1. The molecule has 4 nitrogen and oxygen atoms in total. The van der Waals surface area contributed by atoms with E-state index in [0.717, 1.165) is 25.1 Å². The zero-order valence-corrected chi connectivity index (χ0v) is 12.9. The number of rotatable bonds is 5. The van der Waals surface area contributed by atoms with Crippen LogP contribution < -0.4 is 5.32 Å². The molecule has 2 aromatic carbocycles. The van der Waals surface area contributed by atoms with Gasteiger partial charge < -0.3 is 10.2 Å². The van der Waals surface area contributed by atoms with Crippen molar-refractivity contribution in [2.45, 2.75) is 18.9 Å². The minimum atomic E-state index is -0.308. The molecule has 1 atom stereocenters. The standard InChI is InChI=1S/C19H20N2O2/c22-18(21-12-7-13-21)14-17(15-8-3-1-4-9-15)20-19(23)16-10-5-2-6-11-16/h1-6,8-11,17H,7,12-14H2,(H,20,23). The van der Waals surface area contributed by atoms with Crippen LogP contribution in [-0.2, 0) is 4.79 Å². The summed E-state index contributed by atoms with van der Waals surface area (Å²) in [7, 11) is 0. The number of hydrogen-bond acceptors (Lipinski definition) is 2. The molecule has 0 spiro atoms. The molecule has 0 radical (unpaired) electrons. The highest BCUT2D eigenvalue weighted by Gasteiger charge is 2.25. The SMILES string of the molecule is O=C(NC(CC(=O)N1CCC1)c1ccccc1)c1ccccc1. The predicted molar refractivity (Wildman–Crippen MR) is 88.9 cm³/mol. The first-order valence-corrected chi connectivity index (χ1v) is 7.92. The summed E-state index contributed by atoms with van der Waals surface area (Å²) in [4.78, 5) is 26.6. The third-order valence-corrected chi connectivity index (χ3v) is 4.13. The Hall–Kier alpha value is -2.62. The Bertz CT molecular complexity index is 666. The number of likely N-dealkylation sites (tertiary alicyclic amines) is 1. The molecule has 0 aromatic heterocycles. The molecule has 2 amide bonds. The second-order valence-corrected chi connectivity index (χ2v) is 5.74. The normalized spacial score (nSPS) is 14.7. The van der Waals surface area contributed by atoms with Crippen LogP contribution in [0.15, 0.2) is 60.7 Å². The monoisotopic (exact) mass is 308 g/mol. The lowest BCUT2D eigenvalue weighted by Gasteiger charge is -2.32. The van der Waals surface area contributed by atoms with E-state index in [1.807, 2.05) is 53.4 Å². The Balaban J connectivity index is 1.75. The van der Waals surface area contributed by atoms with Crippen molar-refractivity contribution in [1.82, 2.24) is 10.2 Å². The zero-order valence-electron chi connectivity index (χ0n) is 12.9. The molecule has 0 bridgehead atoms. The summed E-state index contributed by atoms with van der Waals surface area (Å²) < 4.78 is 0. The van der Waals surface area contributed by atoms with E-state index in [-0.39, 0.29) is 17.9 Å². The van der Waals surface area contributed by atoms with Gasteiger partial charge in [-0.05, 0) is 24.1 Å². The van der Waals surface area contributed by atoms with Gasteiger partial charge in [0.05, 0.1) is 12.5 Å². The molecule has 0 aliphatic carbocycles. The summed E-state index contributed by atoms with van der Waals surface area (Å²) in [5.41, 5.74) is 1.55. The maximum atomic E-state index is 12.4. The number of benzene rings is 2. The average molecular weight is 308 g/mol. The molecule has 1 heterocycles. The van der Waals surface area contributed by atoms with Gasteiger partial charge >= 0.3 is 0 Å². The minimum Gasteiger partial charge on any atom is -0.345 e. The summed E-state index contributed by atoms with van der Waals surface area (Å²) in [5.74, 6) is -0.0608. The van der Waals surface area contributed by atoms with Crippen molar-refractivity contribution < 1.29 is 9.59 Å². The van der Waals surface area contributed by atoms with Gasteiger partial charge in [0, 0.05) is 18.7 Å². The molecule has 118 valence electrons. The lowest BCUT2D eigenvalue weighted by atomic mass is 10.0. The largest absolute Gasteiger partial charge is 0.345 e. The van der Waals surface area contributed by atoms with Crippen LogP contribution >= 0.6 is 0 Å². The van der Waals surface area contributed by atoms with Crippen LogP contribution in [0.5, 0.6) is 0 Å². The average Bonchev–Trinajstić information content (AvgIpc) is 2.54. The number of amides is 2. The van der Waals surface area contributed by atoms with Crippen molar-refractivity contribution in [2.24, 2.45) is 0 Å². The van der Waals surface area contributed by atoms with Crippen molar-refractivity contribution in [1.29, 1.82) is 0 Å². The van der Waals surface area contributed by atoms with Crippen LogP contribution in [0.1, 0.15) is 34.8 Å². The summed E-state index contributed by atoms with van der Waals surface area (Å²) in [6, 6.07) is 18.4. The van der Waals surface area contributed by atoms with Crippen LogP contribution in [-0.4, -0.2) is 29.8 Å². The quantitative estimate of drug-likeness (QED) is 0.923. The lowest BCUT2D eigenvalue weighted by Crippen LogP contribution is -2.44. The molecule has 0 saturated carbocycles. The lowest BCUT2D eigenvalue weighted by molar-refractivity contribution is -0.135. The highest BCUT2D eigenvalue weighted by Crippen LogP contribution is 2.20. The van der Waals surface area contributed by atoms with Crippen molar-refractivity contribution in [3.63, 3.8) is 0 Å². The fraction of sp³-hybridized carbons (Fsp3) is 0.263. The number of nitrogens with one attached hydrogen (secondary N) is 1. The fourth-order valence-electron chi connectivity index (χ4n) is 2.64. The smallest absolute Gasteiger partial charge is 0.251 e. The maximum absolute atomic E-state index is 12.4.